The average Bonchev–Trinajstić information content (AvgIpc) is 2.37. The van der Waals surface area contributed by atoms with E-state index in [9.17, 15) is 5.11 Å². The number of nitrogens with zero attached hydrogens (tertiary/aromatic N) is 3. The first-order chi connectivity index (χ1) is 8.54. The highest BCUT2D eigenvalue weighted by Gasteiger charge is 2.29. The van der Waals surface area contributed by atoms with E-state index in [2.05, 4.69) is 20.2 Å². The number of hydrogen-bond donors (Lipinski definition) is 2. The summed E-state index contributed by atoms with van der Waals surface area (Å²) in [4.78, 5) is 11.0. The summed E-state index contributed by atoms with van der Waals surface area (Å²) in [6, 6.07) is 1.93. The van der Waals surface area contributed by atoms with Gasteiger partial charge in [0.15, 0.2) is 5.16 Å². The fourth-order valence-corrected chi connectivity index (χ4v) is 2.58. The first-order valence-corrected chi connectivity index (χ1v) is 7.35. The summed E-state index contributed by atoms with van der Waals surface area (Å²) in [5.74, 6) is 1.70. The molecular formula is C12H20N4OS. The van der Waals surface area contributed by atoms with E-state index < -0.39 is 5.60 Å². The van der Waals surface area contributed by atoms with Crippen molar-refractivity contribution in [1.82, 2.24) is 9.97 Å². The van der Waals surface area contributed by atoms with Gasteiger partial charge in [-0.25, -0.2) is 9.97 Å². The maximum absolute atomic E-state index is 10.2. The van der Waals surface area contributed by atoms with Crippen LogP contribution in [-0.4, -0.2) is 47.1 Å². The Balaban J connectivity index is 2.26. The lowest BCUT2D eigenvalue weighted by Gasteiger charge is -2.37. The molecule has 2 N–H and O–H groups in total. The number of thioether (sulfide) groups is 1. The van der Waals surface area contributed by atoms with Crippen LogP contribution in [0.4, 0.5) is 11.6 Å². The molecule has 1 aromatic heterocycles. The van der Waals surface area contributed by atoms with E-state index in [1.54, 1.807) is 0 Å². The molecule has 1 unspecified atom stereocenters. The van der Waals surface area contributed by atoms with Gasteiger partial charge < -0.3 is 15.3 Å². The van der Waals surface area contributed by atoms with Gasteiger partial charge in [-0.3, -0.25) is 0 Å². The average molecular weight is 268 g/mol. The van der Waals surface area contributed by atoms with E-state index in [0.29, 0.717) is 6.54 Å². The largest absolute Gasteiger partial charge is 0.388 e. The first kappa shape index (κ1) is 13.4. The lowest BCUT2D eigenvalue weighted by Crippen LogP contribution is -2.46. The van der Waals surface area contributed by atoms with Crippen LogP contribution in [0.1, 0.15) is 19.8 Å². The van der Waals surface area contributed by atoms with Crippen molar-refractivity contribution in [3.05, 3.63) is 6.07 Å². The highest BCUT2D eigenvalue weighted by atomic mass is 32.2. The summed E-state index contributed by atoms with van der Waals surface area (Å²) in [7, 11) is 1.85. The quantitative estimate of drug-likeness (QED) is 0.641. The molecule has 18 heavy (non-hydrogen) atoms. The topological polar surface area (TPSA) is 61.3 Å². The number of anilines is 2. The molecule has 1 aromatic rings. The molecule has 0 radical (unpaired) electrons. The van der Waals surface area contributed by atoms with Crippen molar-refractivity contribution >= 4 is 23.4 Å². The van der Waals surface area contributed by atoms with Crippen molar-refractivity contribution in [2.24, 2.45) is 0 Å². The standard InChI is InChI=1S/C12H20N4OS/c1-12(17)5-4-6-16(8-12)10-7-9(13-2)14-11(15-10)18-3/h7,17H,4-6,8H2,1-3H3,(H,13,14,15). The second-order valence-corrected chi connectivity index (χ2v) is 5.64. The van der Waals surface area contributed by atoms with Crippen molar-refractivity contribution < 1.29 is 5.11 Å². The highest BCUT2D eigenvalue weighted by molar-refractivity contribution is 7.98. The van der Waals surface area contributed by atoms with Gasteiger partial charge in [0.05, 0.1) is 5.60 Å². The highest BCUT2D eigenvalue weighted by Crippen LogP contribution is 2.26. The third-order valence-electron chi connectivity index (χ3n) is 3.13. The molecule has 2 heterocycles. The SMILES string of the molecule is CNc1cc(N2CCCC(C)(O)C2)nc(SC)n1. The third kappa shape index (κ3) is 3.05. The van der Waals surface area contributed by atoms with Gasteiger partial charge in [-0.05, 0) is 26.0 Å². The van der Waals surface area contributed by atoms with Crippen LogP contribution in [-0.2, 0) is 0 Å². The minimum atomic E-state index is -0.622. The number of hydrogen-bond acceptors (Lipinski definition) is 6. The number of aromatic nitrogens is 2. The summed E-state index contributed by atoms with van der Waals surface area (Å²) >= 11 is 1.53. The summed E-state index contributed by atoms with van der Waals surface area (Å²) < 4.78 is 0. The maximum Gasteiger partial charge on any atom is 0.191 e. The molecule has 1 saturated heterocycles. The second kappa shape index (κ2) is 5.32. The normalized spacial score (nSPS) is 24.1. The Bertz CT molecular complexity index is 402. The molecule has 0 aromatic carbocycles. The van der Waals surface area contributed by atoms with Crippen LogP contribution in [0.5, 0.6) is 0 Å². The Morgan fingerprint density at radius 3 is 2.89 bits per heavy atom. The van der Waals surface area contributed by atoms with Crippen molar-refractivity contribution in [2.45, 2.75) is 30.5 Å². The van der Waals surface area contributed by atoms with Gasteiger partial charge in [0.1, 0.15) is 11.6 Å². The number of nitrogens with one attached hydrogen (secondary N) is 1. The molecule has 0 bridgehead atoms. The van der Waals surface area contributed by atoms with Gasteiger partial charge in [0.25, 0.3) is 0 Å². The predicted octanol–water partition coefficient (Wildman–Crippen LogP) is 1.59. The van der Waals surface area contributed by atoms with Crippen molar-refractivity contribution in [1.29, 1.82) is 0 Å². The number of β-amino-alcohol motifs (C(OH)–C–C–N with tert-alkyl or cyclic N) is 1. The van der Waals surface area contributed by atoms with Gasteiger partial charge >= 0.3 is 0 Å². The Hall–Kier alpha value is -1.01. The summed E-state index contributed by atoms with van der Waals surface area (Å²) in [6.07, 6.45) is 3.80. The molecule has 1 aliphatic heterocycles. The van der Waals surface area contributed by atoms with E-state index in [1.807, 2.05) is 26.3 Å². The smallest absolute Gasteiger partial charge is 0.191 e. The molecule has 100 valence electrons. The summed E-state index contributed by atoms with van der Waals surface area (Å²) in [5, 5.41) is 14.0. The second-order valence-electron chi connectivity index (χ2n) is 4.87. The van der Waals surface area contributed by atoms with E-state index in [1.165, 1.54) is 11.8 Å². The molecule has 1 atom stereocenters. The van der Waals surface area contributed by atoms with Crippen molar-refractivity contribution in [2.75, 3.05) is 36.6 Å². The van der Waals surface area contributed by atoms with Crippen LogP contribution in [0.15, 0.2) is 11.2 Å². The maximum atomic E-state index is 10.2. The molecule has 2 rings (SSSR count). The predicted molar refractivity (Wildman–Crippen MR) is 75.4 cm³/mol. The van der Waals surface area contributed by atoms with E-state index in [4.69, 9.17) is 0 Å². The fourth-order valence-electron chi connectivity index (χ4n) is 2.21. The number of aliphatic hydroxyl groups is 1. The number of piperidine rings is 1. The van der Waals surface area contributed by atoms with Gasteiger partial charge in [0.2, 0.25) is 0 Å². The zero-order valence-electron chi connectivity index (χ0n) is 11.1. The zero-order chi connectivity index (χ0) is 13.2. The monoisotopic (exact) mass is 268 g/mol. The van der Waals surface area contributed by atoms with Crippen LogP contribution in [0.3, 0.4) is 0 Å². The molecule has 6 heteroatoms. The van der Waals surface area contributed by atoms with Crippen LogP contribution < -0.4 is 10.2 Å². The van der Waals surface area contributed by atoms with Gasteiger partial charge in [-0.1, -0.05) is 11.8 Å². The van der Waals surface area contributed by atoms with E-state index >= 15 is 0 Å². The zero-order valence-corrected chi connectivity index (χ0v) is 11.9. The van der Waals surface area contributed by atoms with Crippen LogP contribution in [0.25, 0.3) is 0 Å². The number of rotatable bonds is 3. The molecule has 1 fully saturated rings. The van der Waals surface area contributed by atoms with Gasteiger partial charge in [-0.2, -0.15) is 0 Å². The lowest BCUT2D eigenvalue weighted by molar-refractivity contribution is 0.0446. The van der Waals surface area contributed by atoms with Gasteiger partial charge in [-0.15, -0.1) is 0 Å². The van der Waals surface area contributed by atoms with E-state index in [-0.39, 0.29) is 0 Å². The van der Waals surface area contributed by atoms with Crippen LogP contribution in [0.2, 0.25) is 0 Å². The Morgan fingerprint density at radius 2 is 2.28 bits per heavy atom. The fraction of sp³-hybridized carbons (Fsp3) is 0.667. The Morgan fingerprint density at radius 1 is 1.50 bits per heavy atom. The summed E-state index contributed by atoms with van der Waals surface area (Å²) in [6.45, 7) is 3.44. The van der Waals surface area contributed by atoms with Crippen molar-refractivity contribution in [3.63, 3.8) is 0 Å². The Kier molecular flexibility index (Phi) is 3.97. The molecule has 0 amide bonds. The molecule has 5 nitrogen and oxygen atoms in total. The third-order valence-corrected chi connectivity index (χ3v) is 3.68. The molecule has 1 aliphatic rings. The van der Waals surface area contributed by atoms with Gasteiger partial charge in [0, 0.05) is 26.2 Å². The van der Waals surface area contributed by atoms with Crippen LogP contribution >= 0.6 is 11.8 Å². The van der Waals surface area contributed by atoms with Crippen LogP contribution in [0, 0.1) is 0 Å². The first-order valence-electron chi connectivity index (χ1n) is 6.12. The van der Waals surface area contributed by atoms with Crippen molar-refractivity contribution in [3.8, 4) is 0 Å². The summed E-state index contributed by atoms with van der Waals surface area (Å²) in [5.41, 5.74) is -0.622. The minimum Gasteiger partial charge on any atom is -0.388 e. The Labute approximate surface area is 112 Å². The molecular weight excluding hydrogens is 248 g/mol. The molecule has 0 spiro atoms. The molecule has 0 saturated carbocycles. The molecule has 0 aliphatic carbocycles. The lowest BCUT2D eigenvalue weighted by atomic mass is 9.95. The van der Waals surface area contributed by atoms with E-state index in [0.717, 1.165) is 36.2 Å². The minimum absolute atomic E-state index is 0.622.